The minimum absolute atomic E-state index is 0.201. The zero-order valence-corrected chi connectivity index (χ0v) is 14.2. The molecule has 0 fully saturated rings. The van der Waals surface area contributed by atoms with Crippen molar-refractivity contribution in [2.24, 2.45) is 5.73 Å². The standard InChI is InChI=1S/C20H15N3OS/c21-11-12-25-20-17(19(22)24)13-16(14-7-3-1-4-8-14)18(23-20)15-9-5-2-6-10-15/h1-10,13H,12H2,(H2,22,24). The maximum Gasteiger partial charge on any atom is 0.251 e. The van der Waals surface area contributed by atoms with Crippen molar-refractivity contribution in [3.63, 3.8) is 0 Å². The molecule has 3 aromatic rings. The quantitative estimate of drug-likeness (QED) is 0.705. The first-order chi connectivity index (χ1) is 12.2. The molecule has 0 unspecified atom stereocenters. The van der Waals surface area contributed by atoms with E-state index in [9.17, 15) is 4.79 Å². The minimum Gasteiger partial charge on any atom is -0.366 e. The van der Waals surface area contributed by atoms with Gasteiger partial charge in [0, 0.05) is 11.1 Å². The molecule has 1 heterocycles. The molecule has 0 aliphatic heterocycles. The third-order valence-corrected chi connectivity index (χ3v) is 4.52. The van der Waals surface area contributed by atoms with Gasteiger partial charge in [0.1, 0.15) is 5.03 Å². The van der Waals surface area contributed by atoms with Crippen molar-refractivity contribution in [1.29, 1.82) is 5.26 Å². The summed E-state index contributed by atoms with van der Waals surface area (Å²) in [6.07, 6.45) is 0. The molecular formula is C20H15N3OS. The number of nitrogens with two attached hydrogens (primary N) is 1. The first-order valence-corrected chi connectivity index (χ1v) is 8.64. The molecule has 0 saturated carbocycles. The lowest BCUT2D eigenvalue weighted by Gasteiger charge is -2.14. The number of rotatable bonds is 5. The molecule has 1 amide bonds. The first kappa shape index (κ1) is 16.7. The van der Waals surface area contributed by atoms with Crippen LogP contribution in [-0.4, -0.2) is 16.6 Å². The van der Waals surface area contributed by atoms with Crippen LogP contribution in [0.15, 0.2) is 71.8 Å². The molecule has 5 heteroatoms. The summed E-state index contributed by atoms with van der Waals surface area (Å²) in [5.41, 5.74) is 9.37. The van der Waals surface area contributed by atoms with Gasteiger partial charge in [-0.3, -0.25) is 4.79 Å². The van der Waals surface area contributed by atoms with Gasteiger partial charge in [-0.15, -0.1) is 0 Å². The average Bonchev–Trinajstić information content (AvgIpc) is 2.67. The van der Waals surface area contributed by atoms with Gasteiger partial charge in [-0.05, 0) is 11.6 Å². The Balaban J connectivity index is 2.26. The van der Waals surface area contributed by atoms with Crippen molar-refractivity contribution in [3.8, 4) is 28.5 Å². The van der Waals surface area contributed by atoms with Crippen LogP contribution in [-0.2, 0) is 0 Å². The topological polar surface area (TPSA) is 79.8 Å². The number of aromatic nitrogens is 1. The number of carbonyl (C=O) groups excluding carboxylic acids is 1. The van der Waals surface area contributed by atoms with Crippen LogP contribution in [0.5, 0.6) is 0 Å². The van der Waals surface area contributed by atoms with Gasteiger partial charge in [0.05, 0.1) is 23.1 Å². The van der Waals surface area contributed by atoms with Crippen molar-refractivity contribution in [1.82, 2.24) is 4.98 Å². The zero-order chi connectivity index (χ0) is 17.6. The van der Waals surface area contributed by atoms with Gasteiger partial charge in [-0.25, -0.2) is 4.98 Å². The molecule has 1 aromatic heterocycles. The average molecular weight is 345 g/mol. The lowest BCUT2D eigenvalue weighted by Crippen LogP contribution is -2.14. The van der Waals surface area contributed by atoms with Crippen LogP contribution in [0.2, 0.25) is 0 Å². The van der Waals surface area contributed by atoms with Crippen LogP contribution in [0.25, 0.3) is 22.4 Å². The molecule has 2 N–H and O–H groups in total. The zero-order valence-electron chi connectivity index (χ0n) is 13.3. The Morgan fingerprint density at radius 1 is 1.04 bits per heavy atom. The third-order valence-electron chi connectivity index (χ3n) is 3.66. The molecule has 0 aliphatic carbocycles. The van der Waals surface area contributed by atoms with Crippen LogP contribution in [0.1, 0.15) is 10.4 Å². The fourth-order valence-electron chi connectivity index (χ4n) is 2.54. The normalized spacial score (nSPS) is 10.2. The highest BCUT2D eigenvalue weighted by molar-refractivity contribution is 7.99. The van der Waals surface area contributed by atoms with Gasteiger partial charge in [0.2, 0.25) is 0 Å². The Morgan fingerprint density at radius 3 is 2.20 bits per heavy atom. The molecule has 0 atom stereocenters. The van der Waals surface area contributed by atoms with Crippen LogP contribution in [0, 0.1) is 11.3 Å². The van der Waals surface area contributed by atoms with Crippen molar-refractivity contribution in [3.05, 3.63) is 72.3 Å². The molecule has 0 radical (unpaired) electrons. The fraction of sp³-hybridized carbons (Fsp3) is 0.0500. The van der Waals surface area contributed by atoms with Crippen molar-refractivity contribution >= 4 is 17.7 Å². The number of benzene rings is 2. The van der Waals surface area contributed by atoms with Crippen molar-refractivity contribution in [2.75, 3.05) is 5.75 Å². The van der Waals surface area contributed by atoms with E-state index in [4.69, 9.17) is 11.0 Å². The van der Waals surface area contributed by atoms with E-state index < -0.39 is 5.91 Å². The minimum atomic E-state index is -0.551. The summed E-state index contributed by atoms with van der Waals surface area (Å²) in [4.78, 5) is 16.6. The van der Waals surface area contributed by atoms with Crippen LogP contribution in [0.4, 0.5) is 0 Å². The van der Waals surface area contributed by atoms with Gasteiger partial charge in [0.25, 0.3) is 5.91 Å². The van der Waals surface area contributed by atoms with Crippen LogP contribution < -0.4 is 5.73 Å². The molecule has 0 spiro atoms. The highest BCUT2D eigenvalue weighted by atomic mass is 32.2. The summed E-state index contributed by atoms with van der Waals surface area (Å²) >= 11 is 1.22. The number of nitriles is 1. The summed E-state index contributed by atoms with van der Waals surface area (Å²) < 4.78 is 0. The number of amides is 1. The lowest BCUT2D eigenvalue weighted by atomic mass is 9.98. The van der Waals surface area contributed by atoms with E-state index in [0.717, 1.165) is 22.4 Å². The van der Waals surface area contributed by atoms with Gasteiger partial charge < -0.3 is 5.73 Å². The Labute approximate surface area is 150 Å². The molecule has 2 aromatic carbocycles. The maximum absolute atomic E-state index is 11.9. The summed E-state index contributed by atoms with van der Waals surface area (Å²) in [6, 6.07) is 23.3. The molecule has 3 rings (SSSR count). The Kier molecular flexibility index (Phi) is 5.12. The highest BCUT2D eigenvalue weighted by Crippen LogP contribution is 2.34. The number of hydrogen-bond acceptors (Lipinski definition) is 4. The van der Waals surface area contributed by atoms with E-state index in [0.29, 0.717) is 10.6 Å². The second-order valence-corrected chi connectivity index (χ2v) is 6.24. The van der Waals surface area contributed by atoms with E-state index >= 15 is 0 Å². The largest absolute Gasteiger partial charge is 0.366 e. The number of nitrogens with zero attached hydrogens (tertiary/aromatic N) is 2. The molecule has 4 nitrogen and oxygen atoms in total. The Hall–Kier alpha value is -3.10. The van der Waals surface area contributed by atoms with Gasteiger partial charge >= 0.3 is 0 Å². The van der Waals surface area contributed by atoms with E-state index in [2.05, 4.69) is 11.1 Å². The summed E-state index contributed by atoms with van der Waals surface area (Å²) in [5, 5.41) is 9.34. The fourth-order valence-corrected chi connectivity index (χ4v) is 3.21. The molecule has 0 saturated heterocycles. The van der Waals surface area contributed by atoms with E-state index in [1.807, 2.05) is 60.7 Å². The number of thioether (sulfide) groups is 1. The highest BCUT2D eigenvalue weighted by Gasteiger charge is 2.18. The Bertz CT molecular complexity index is 934. The monoisotopic (exact) mass is 345 g/mol. The smallest absolute Gasteiger partial charge is 0.251 e. The van der Waals surface area contributed by atoms with E-state index in [1.54, 1.807) is 6.07 Å². The predicted octanol–water partition coefficient (Wildman–Crippen LogP) is 4.13. The van der Waals surface area contributed by atoms with Crippen LogP contribution >= 0.6 is 11.8 Å². The molecule has 25 heavy (non-hydrogen) atoms. The molecule has 0 aliphatic rings. The number of hydrogen-bond donors (Lipinski definition) is 1. The Morgan fingerprint density at radius 2 is 1.64 bits per heavy atom. The predicted molar refractivity (Wildman–Crippen MR) is 100.0 cm³/mol. The third kappa shape index (κ3) is 3.70. The molecular weight excluding hydrogens is 330 g/mol. The van der Waals surface area contributed by atoms with Gasteiger partial charge in [-0.1, -0.05) is 72.4 Å². The van der Waals surface area contributed by atoms with Crippen LogP contribution in [0.3, 0.4) is 0 Å². The second kappa shape index (κ2) is 7.65. The van der Waals surface area contributed by atoms with Crippen molar-refractivity contribution in [2.45, 2.75) is 5.03 Å². The number of carbonyl (C=O) groups is 1. The second-order valence-electron chi connectivity index (χ2n) is 5.28. The van der Waals surface area contributed by atoms with Gasteiger partial charge in [-0.2, -0.15) is 5.26 Å². The lowest BCUT2D eigenvalue weighted by molar-refractivity contribution is 0.0997. The van der Waals surface area contributed by atoms with Gasteiger partial charge in [0.15, 0.2) is 0 Å². The molecule has 122 valence electrons. The summed E-state index contributed by atoms with van der Waals surface area (Å²) in [7, 11) is 0. The first-order valence-electron chi connectivity index (χ1n) is 7.66. The van der Waals surface area contributed by atoms with Crippen molar-refractivity contribution < 1.29 is 4.79 Å². The number of pyridine rings is 1. The summed E-state index contributed by atoms with van der Waals surface area (Å²) in [5.74, 6) is -0.351. The molecule has 0 bridgehead atoms. The summed E-state index contributed by atoms with van der Waals surface area (Å²) in [6.45, 7) is 0. The number of primary amides is 1. The van der Waals surface area contributed by atoms with E-state index in [1.165, 1.54) is 11.8 Å². The maximum atomic E-state index is 11.9. The SMILES string of the molecule is N#CCSc1nc(-c2ccccc2)c(-c2ccccc2)cc1C(N)=O. The van der Waals surface area contributed by atoms with E-state index in [-0.39, 0.29) is 5.75 Å².